The van der Waals surface area contributed by atoms with E-state index in [1.807, 2.05) is 29.3 Å². The number of imidazole rings is 1. The molecule has 0 saturated carbocycles. The van der Waals surface area contributed by atoms with E-state index >= 15 is 0 Å². The fraction of sp³-hybridized carbons (Fsp3) is 0.222. The quantitative estimate of drug-likeness (QED) is 0.744. The summed E-state index contributed by atoms with van der Waals surface area (Å²) in [6.07, 6.45) is 10.5. The second-order valence-corrected chi connectivity index (χ2v) is 5.78. The molecule has 0 spiro atoms. The Labute approximate surface area is 139 Å². The van der Waals surface area contributed by atoms with Crippen LogP contribution in [0.3, 0.4) is 0 Å². The van der Waals surface area contributed by atoms with Gasteiger partial charge in [0, 0.05) is 36.9 Å². The van der Waals surface area contributed by atoms with E-state index in [0.29, 0.717) is 11.4 Å². The average Bonchev–Trinajstić information content (AvgIpc) is 3.34. The normalized spacial score (nSPS) is 17.2. The van der Waals surface area contributed by atoms with Gasteiger partial charge in [-0.25, -0.2) is 9.97 Å². The summed E-state index contributed by atoms with van der Waals surface area (Å²) in [4.78, 5) is 27.7. The van der Waals surface area contributed by atoms with E-state index < -0.39 is 0 Å². The van der Waals surface area contributed by atoms with Crippen LogP contribution in [0.2, 0.25) is 0 Å². The fourth-order valence-corrected chi connectivity index (χ4v) is 3.14. The number of likely N-dealkylation sites (tertiary alicyclic amines) is 1. The maximum atomic E-state index is 13.0. The van der Waals surface area contributed by atoms with Gasteiger partial charge >= 0.3 is 0 Å². The minimum atomic E-state index is 0.0203. The van der Waals surface area contributed by atoms with Gasteiger partial charge < -0.3 is 4.90 Å². The number of pyridine rings is 2. The summed E-state index contributed by atoms with van der Waals surface area (Å²) in [5.74, 6) is 0.707. The molecule has 1 fully saturated rings. The Kier molecular flexibility index (Phi) is 3.78. The lowest BCUT2D eigenvalue weighted by atomic mass is 10.1. The Morgan fingerprint density at radius 3 is 2.88 bits per heavy atom. The lowest BCUT2D eigenvalue weighted by Crippen LogP contribution is -2.31. The monoisotopic (exact) mass is 319 g/mol. The number of nitrogens with zero attached hydrogens (tertiary/aromatic N) is 5. The molecule has 6 nitrogen and oxygen atoms in total. The number of amides is 1. The minimum absolute atomic E-state index is 0.0203. The molecule has 1 aliphatic heterocycles. The Bertz CT molecular complexity index is 832. The van der Waals surface area contributed by atoms with Crippen LogP contribution in [-0.4, -0.2) is 36.9 Å². The van der Waals surface area contributed by atoms with Crippen molar-refractivity contribution in [3.05, 3.63) is 72.7 Å². The minimum Gasteiger partial charge on any atom is -0.330 e. The van der Waals surface area contributed by atoms with Crippen molar-refractivity contribution < 1.29 is 4.79 Å². The Hall–Kier alpha value is -3.02. The van der Waals surface area contributed by atoms with Crippen molar-refractivity contribution in [1.82, 2.24) is 24.4 Å². The van der Waals surface area contributed by atoms with E-state index in [9.17, 15) is 4.79 Å². The first kappa shape index (κ1) is 14.6. The molecule has 6 heteroatoms. The molecule has 0 radical (unpaired) electrons. The van der Waals surface area contributed by atoms with Crippen LogP contribution in [0.4, 0.5) is 0 Å². The predicted octanol–water partition coefficient (Wildman–Crippen LogP) is 2.64. The standard InChI is InChI=1S/C18H17N5O/c24-18(14-6-8-21-17(12-14)22-11-9-19-13-22)23-10-3-5-16(23)15-4-1-2-7-20-15/h1-2,4,6-9,11-13,16H,3,5,10H2. The molecular weight excluding hydrogens is 302 g/mol. The van der Waals surface area contributed by atoms with E-state index in [1.165, 1.54) is 0 Å². The molecule has 0 bridgehead atoms. The molecule has 1 aliphatic rings. The number of carbonyl (C=O) groups is 1. The van der Waals surface area contributed by atoms with Crippen molar-refractivity contribution in [2.24, 2.45) is 0 Å². The molecule has 3 aromatic heterocycles. The molecule has 24 heavy (non-hydrogen) atoms. The first-order valence-electron chi connectivity index (χ1n) is 7.99. The van der Waals surface area contributed by atoms with Crippen LogP contribution in [0.15, 0.2) is 61.4 Å². The van der Waals surface area contributed by atoms with Crippen molar-refractivity contribution >= 4 is 5.91 Å². The van der Waals surface area contributed by atoms with Crippen molar-refractivity contribution in [2.75, 3.05) is 6.54 Å². The number of hydrogen-bond acceptors (Lipinski definition) is 4. The van der Waals surface area contributed by atoms with Gasteiger partial charge in [0.2, 0.25) is 0 Å². The molecule has 1 atom stereocenters. The highest BCUT2D eigenvalue weighted by Gasteiger charge is 2.31. The summed E-state index contributed by atoms with van der Waals surface area (Å²) in [6.45, 7) is 0.753. The molecule has 0 aliphatic carbocycles. The summed E-state index contributed by atoms with van der Waals surface area (Å²) >= 11 is 0. The Morgan fingerprint density at radius 1 is 1.12 bits per heavy atom. The van der Waals surface area contributed by atoms with Gasteiger partial charge in [0.25, 0.3) is 5.91 Å². The molecule has 0 N–H and O–H groups in total. The number of rotatable bonds is 3. The Morgan fingerprint density at radius 2 is 2.08 bits per heavy atom. The van der Waals surface area contributed by atoms with E-state index in [4.69, 9.17) is 0 Å². The SMILES string of the molecule is O=C(c1ccnc(-n2ccnc2)c1)N1CCCC1c1ccccn1. The smallest absolute Gasteiger partial charge is 0.254 e. The summed E-state index contributed by atoms with van der Waals surface area (Å²) in [6, 6.07) is 9.45. The van der Waals surface area contributed by atoms with E-state index in [1.54, 1.807) is 41.6 Å². The number of carbonyl (C=O) groups excluding carboxylic acids is 1. The molecule has 120 valence electrons. The highest BCUT2D eigenvalue weighted by molar-refractivity contribution is 5.95. The third kappa shape index (κ3) is 2.67. The third-order valence-electron chi connectivity index (χ3n) is 4.30. The second-order valence-electron chi connectivity index (χ2n) is 5.78. The third-order valence-corrected chi connectivity index (χ3v) is 4.30. The highest BCUT2D eigenvalue weighted by Crippen LogP contribution is 2.31. The fourth-order valence-electron chi connectivity index (χ4n) is 3.14. The van der Waals surface area contributed by atoms with Gasteiger partial charge in [0.05, 0.1) is 11.7 Å². The molecule has 3 aromatic rings. The predicted molar refractivity (Wildman–Crippen MR) is 88.6 cm³/mol. The number of aromatic nitrogens is 4. The summed E-state index contributed by atoms with van der Waals surface area (Å²) in [5, 5.41) is 0. The molecule has 0 aromatic carbocycles. The van der Waals surface area contributed by atoms with Gasteiger partial charge in [0.1, 0.15) is 12.1 Å². The zero-order valence-corrected chi connectivity index (χ0v) is 13.1. The van der Waals surface area contributed by atoms with Gasteiger partial charge in [0.15, 0.2) is 0 Å². The first-order valence-corrected chi connectivity index (χ1v) is 7.99. The van der Waals surface area contributed by atoms with Crippen molar-refractivity contribution in [3.63, 3.8) is 0 Å². The molecule has 4 heterocycles. The van der Waals surface area contributed by atoms with Gasteiger partial charge in [-0.3, -0.25) is 14.3 Å². The zero-order valence-electron chi connectivity index (χ0n) is 13.1. The first-order chi connectivity index (χ1) is 11.8. The average molecular weight is 319 g/mol. The Balaban J connectivity index is 1.62. The second kappa shape index (κ2) is 6.23. The van der Waals surface area contributed by atoms with Gasteiger partial charge in [-0.05, 0) is 37.1 Å². The lowest BCUT2D eigenvalue weighted by molar-refractivity contribution is 0.0732. The maximum Gasteiger partial charge on any atom is 0.254 e. The van der Waals surface area contributed by atoms with Crippen LogP contribution in [-0.2, 0) is 0 Å². The molecule has 4 rings (SSSR count). The summed E-state index contributed by atoms with van der Waals surface area (Å²) < 4.78 is 1.79. The molecular formula is C18H17N5O. The largest absolute Gasteiger partial charge is 0.330 e. The van der Waals surface area contributed by atoms with Crippen molar-refractivity contribution in [1.29, 1.82) is 0 Å². The molecule has 1 unspecified atom stereocenters. The van der Waals surface area contributed by atoms with Gasteiger partial charge in [-0.1, -0.05) is 6.07 Å². The van der Waals surface area contributed by atoms with Gasteiger partial charge in [-0.2, -0.15) is 0 Å². The highest BCUT2D eigenvalue weighted by atomic mass is 16.2. The van der Waals surface area contributed by atoms with Crippen molar-refractivity contribution in [2.45, 2.75) is 18.9 Å². The maximum absolute atomic E-state index is 13.0. The lowest BCUT2D eigenvalue weighted by Gasteiger charge is -2.24. The van der Waals surface area contributed by atoms with E-state index in [2.05, 4.69) is 15.0 Å². The van der Waals surface area contributed by atoms with Crippen LogP contribution in [0, 0.1) is 0 Å². The van der Waals surface area contributed by atoms with E-state index in [0.717, 1.165) is 25.1 Å². The van der Waals surface area contributed by atoms with Crippen molar-refractivity contribution in [3.8, 4) is 5.82 Å². The van der Waals surface area contributed by atoms with Gasteiger partial charge in [-0.15, -0.1) is 0 Å². The van der Waals surface area contributed by atoms with Crippen LogP contribution in [0.5, 0.6) is 0 Å². The van der Waals surface area contributed by atoms with Crippen LogP contribution in [0.1, 0.15) is 34.9 Å². The van der Waals surface area contributed by atoms with Crippen LogP contribution in [0.25, 0.3) is 5.82 Å². The zero-order chi connectivity index (χ0) is 16.4. The molecule has 1 amide bonds. The van der Waals surface area contributed by atoms with Crippen LogP contribution >= 0.6 is 0 Å². The number of hydrogen-bond donors (Lipinski definition) is 0. The topological polar surface area (TPSA) is 63.9 Å². The summed E-state index contributed by atoms with van der Waals surface area (Å²) in [5.41, 5.74) is 1.59. The van der Waals surface area contributed by atoms with E-state index in [-0.39, 0.29) is 11.9 Å². The summed E-state index contributed by atoms with van der Waals surface area (Å²) in [7, 11) is 0. The van der Waals surface area contributed by atoms with Crippen LogP contribution < -0.4 is 0 Å². The molecule has 1 saturated heterocycles.